The van der Waals surface area contributed by atoms with Crippen LogP contribution in [0.15, 0.2) is 85.1 Å². The van der Waals surface area contributed by atoms with Crippen LogP contribution in [0.4, 0.5) is 0 Å². The van der Waals surface area contributed by atoms with Crippen molar-refractivity contribution < 1.29 is 28.6 Å². The van der Waals surface area contributed by atoms with Gasteiger partial charge in [0.15, 0.2) is 6.10 Å². The number of carbonyl (C=O) groups excluding carboxylic acids is 3. The zero-order chi connectivity index (χ0) is 48.6. The van der Waals surface area contributed by atoms with Crippen LogP contribution in [0.25, 0.3) is 0 Å². The van der Waals surface area contributed by atoms with Gasteiger partial charge in [0.05, 0.1) is 0 Å². The lowest BCUT2D eigenvalue weighted by Crippen LogP contribution is -2.30. The zero-order valence-corrected chi connectivity index (χ0v) is 43.9. The maximum Gasteiger partial charge on any atom is 0.306 e. The summed E-state index contributed by atoms with van der Waals surface area (Å²) in [5.74, 6) is -0.966. The van der Waals surface area contributed by atoms with E-state index in [1.807, 2.05) is 0 Å². The molecule has 0 aliphatic heterocycles. The summed E-state index contributed by atoms with van der Waals surface area (Å²) < 4.78 is 16.8. The summed E-state index contributed by atoms with van der Waals surface area (Å²) in [6, 6.07) is 0. The molecule has 6 nitrogen and oxygen atoms in total. The molecule has 0 aliphatic carbocycles. The fraction of sp³-hybridized carbons (Fsp3) is 0.721. The van der Waals surface area contributed by atoms with Crippen LogP contribution in [0.2, 0.25) is 0 Å². The molecule has 0 heterocycles. The second kappa shape index (κ2) is 55.2. The Kier molecular flexibility index (Phi) is 52.4. The average Bonchev–Trinajstić information content (AvgIpc) is 3.33. The lowest BCUT2D eigenvalue weighted by molar-refractivity contribution is -0.167. The maximum absolute atomic E-state index is 12.8. The molecule has 0 bridgehead atoms. The minimum absolute atomic E-state index is 0.100. The molecule has 0 spiro atoms. The van der Waals surface area contributed by atoms with E-state index in [1.54, 1.807) is 0 Å². The molecule has 0 saturated heterocycles. The lowest BCUT2D eigenvalue weighted by atomic mass is 10.0. The van der Waals surface area contributed by atoms with Crippen LogP contribution < -0.4 is 0 Å². The van der Waals surface area contributed by atoms with Crippen molar-refractivity contribution >= 4 is 17.9 Å². The molecule has 6 heteroatoms. The van der Waals surface area contributed by atoms with E-state index in [9.17, 15) is 14.4 Å². The SMILES string of the molecule is CC/C=C\C/C=C\C/C=C\C/C=C\C/C=C\CCCC(=O)OCC(COC(=O)CCCCCCC/C=C\C/C=C\CCCCC)OC(=O)CCCCCCCCCCCCCCCCCCC. The van der Waals surface area contributed by atoms with Crippen molar-refractivity contribution in [2.75, 3.05) is 13.2 Å². The first-order valence-corrected chi connectivity index (χ1v) is 28.1. The molecule has 0 aromatic carbocycles. The summed E-state index contributed by atoms with van der Waals surface area (Å²) >= 11 is 0. The van der Waals surface area contributed by atoms with E-state index in [0.29, 0.717) is 19.3 Å². The first-order valence-electron chi connectivity index (χ1n) is 28.1. The van der Waals surface area contributed by atoms with E-state index >= 15 is 0 Å². The number of esters is 3. The van der Waals surface area contributed by atoms with Crippen molar-refractivity contribution in [3.8, 4) is 0 Å². The fourth-order valence-corrected chi connectivity index (χ4v) is 7.68. The third kappa shape index (κ3) is 53.4. The van der Waals surface area contributed by atoms with Gasteiger partial charge in [0.25, 0.3) is 0 Å². The molecule has 0 aromatic heterocycles. The predicted octanol–water partition coefficient (Wildman–Crippen LogP) is 18.8. The number of carbonyl (C=O) groups is 3. The van der Waals surface area contributed by atoms with Crippen LogP contribution in [0.1, 0.15) is 265 Å². The van der Waals surface area contributed by atoms with Crippen molar-refractivity contribution in [1.82, 2.24) is 0 Å². The van der Waals surface area contributed by atoms with E-state index in [4.69, 9.17) is 14.2 Å². The van der Waals surface area contributed by atoms with Gasteiger partial charge in [-0.25, -0.2) is 0 Å². The molecule has 0 aliphatic rings. The van der Waals surface area contributed by atoms with Crippen LogP contribution in [0.5, 0.6) is 0 Å². The summed E-state index contributed by atoms with van der Waals surface area (Å²) in [5.41, 5.74) is 0. The number of unbranched alkanes of at least 4 members (excludes halogenated alkanes) is 25. The van der Waals surface area contributed by atoms with Gasteiger partial charge in [-0.1, -0.05) is 241 Å². The van der Waals surface area contributed by atoms with Crippen molar-refractivity contribution in [2.24, 2.45) is 0 Å². The van der Waals surface area contributed by atoms with E-state index in [-0.39, 0.29) is 37.5 Å². The molecule has 384 valence electrons. The molecule has 1 atom stereocenters. The molecule has 1 unspecified atom stereocenters. The van der Waals surface area contributed by atoms with Crippen molar-refractivity contribution in [3.05, 3.63) is 85.1 Å². The highest BCUT2D eigenvalue weighted by atomic mass is 16.6. The Balaban J connectivity index is 4.48. The Labute approximate surface area is 414 Å². The summed E-state index contributed by atoms with van der Waals surface area (Å²) in [4.78, 5) is 38.1. The van der Waals surface area contributed by atoms with Gasteiger partial charge in [-0.3, -0.25) is 14.4 Å². The molecule has 0 fully saturated rings. The fourth-order valence-electron chi connectivity index (χ4n) is 7.68. The van der Waals surface area contributed by atoms with E-state index in [0.717, 1.165) is 103 Å². The number of rotatable bonds is 50. The van der Waals surface area contributed by atoms with Gasteiger partial charge in [0, 0.05) is 19.3 Å². The van der Waals surface area contributed by atoms with Crippen molar-refractivity contribution in [3.63, 3.8) is 0 Å². The van der Waals surface area contributed by atoms with Gasteiger partial charge in [0.1, 0.15) is 13.2 Å². The second-order valence-corrected chi connectivity index (χ2v) is 18.5. The van der Waals surface area contributed by atoms with E-state index < -0.39 is 6.10 Å². The van der Waals surface area contributed by atoms with Crippen LogP contribution in [0.3, 0.4) is 0 Å². The number of ether oxygens (including phenoxy) is 3. The Morgan fingerprint density at radius 3 is 1.00 bits per heavy atom. The highest BCUT2D eigenvalue weighted by Crippen LogP contribution is 2.16. The molecule has 0 N–H and O–H groups in total. The standard InChI is InChI=1S/C61H104O6/c1-4-7-10-13-16-19-22-25-28-30-33-36-39-42-45-48-51-54-60(63)66-57-58(56-65-59(62)53-50-47-44-41-38-35-32-27-24-21-18-15-12-9-6-3)67-61(64)55-52-49-46-43-40-37-34-31-29-26-23-20-17-14-11-8-5-2/h7,10,16,18-19,21,25,27-28,32-33,36,42,45,58H,4-6,8-9,11-15,17,20,22-24,26,29-31,34-35,37-41,43-44,46-57H2,1-3H3/b10-7-,19-16-,21-18-,28-25-,32-27-,36-33-,45-42-. The van der Waals surface area contributed by atoms with Gasteiger partial charge in [-0.05, 0) is 89.9 Å². The van der Waals surface area contributed by atoms with E-state index in [2.05, 4.69) is 106 Å². The van der Waals surface area contributed by atoms with Gasteiger partial charge >= 0.3 is 17.9 Å². The van der Waals surface area contributed by atoms with Crippen LogP contribution in [-0.4, -0.2) is 37.2 Å². The summed E-state index contributed by atoms with van der Waals surface area (Å²) in [7, 11) is 0. The molecule has 0 aromatic rings. The summed E-state index contributed by atoms with van der Waals surface area (Å²) in [5, 5.41) is 0. The average molecular weight is 933 g/mol. The van der Waals surface area contributed by atoms with Crippen LogP contribution in [-0.2, 0) is 28.6 Å². The number of hydrogen-bond donors (Lipinski definition) is 0. The molecular weight excluding hydrogens is 829 g/mol. The van der Waals surface area contributed by atoms with Gasteiger partial charge in [-0.2, -0.15) is 0 Å². The first kappa shape index (κ1) is 63.6. The highest BCUT2D eigenvalue weighted by molar-refractivity contribution is 5.71. The molecule has 0 rings (SSSR count). The quantitative estimate of drug-likeness (QED) is 0.0262. The molecule has 0 radical (unpaired) electrons. The minimum atomic E-state index is -0.804. The molecule has 0 amide bonds. The monoisotopic (exact) mass is 933 g/mol. The third-order valence-electron chi connectivity index (χ3n) is 11.9. The highest BCUT2D eigenvalue weighted by Gasteiger charge is 2.19. The first-order chi connectivity index (χ1) is 33.0. The van der Waals surface area contributed by atoms with Crippen LogP contribution >= 0.6 is 0 Å². The largest absolute Gasteiger partial charge is 0.462 e. The maximum atomic E-state index is 12.8. The summed E-state index contributed by atoms with van der Waals surface area (Å²) in [6.07, 6.45) is 71.4. The molecular formula is C61H104O6. The Morgan fingerprint density at radius 1 is 0.313 bits per heavy atom. The second-order valence-electron chi connectivity index (χ2n) is 18.5. The number of allylic oxidation sites excluding steroid dienone is 14. The smallest absolute Gasteiger partial charge is 0.306 e. The molecule has 67 heavy (non-hydrogen) atoms. The zero-order valence-electron chi connectivity index (χ0n) is 43.9. The third-order valence-corrected chi connectivity index (χ3v) is 11.9. The normalized spacial score (nSPS) is 12.7. The number of hydrogen-bond acceptors (Lipinski definition) is 6. The topological polar surface area (TPSA) is 78.9 Å². The van der Waals surface area contributed by atoms with E-state index in [1.165, 1.54) is 116 Å². The Morgan fingerprint density at radius 2 is 0.597 bits per heavy atom. The Hall–Kier alpha value is -3.41. The molecule has 0 saturated carbocycles. The van der Waals surface area contributed by atoms with Crippen LogP contribution in [0, 0.1) is 0 Å². The van der Waals surface area contributed by atoms with Gasteiger partial charge in [0.2, 0.25) is 0 Å². The van der Waals surface area contributed by atoms with Crippen molar-refractivity contribution in [1.29, 1.82) is 0 Å². The predicted molar refractivity (Wildman–Crippen MR) is 288 cm³/mol. The lowest BCUT2D eigenvalue weighted by Gasteiger charge is -2.18. The van der Waals surface area contributed by atoms with Crippen molar-refractivity contribution in [2.45, 2.75) is 271 Å². The summed E-state index contributed by atoms with van der Waals surface area (Å²) in [6.45, 7) is 6.45. The van der Waals surface area contributed by atoms with Gasteiger partial charge < -0.3 is 14.2 Å². The minimum Gasteiger partial charge on any atom is -0.462 e. The van der Waals surface area contributed by atoms with Gasteiger partial charge in [-0.15, -0.1) is 0 Å². The Bertz CT molecular complexity index is 1300.